The quantitative estimate of drug-likeness (QED) is 0.173. The molecule has 0 amide bonds. The average Bonchev–Trinajstić information content (AvgIpc) is 2.68. The van der Waals surface area contributed by atoms with Gasteiger partial charge in [0.05, 0.1) is 19.3 Å². The van der Waals surface area contributed by atoms with Crippen molar-refractivity contribution in [3.8, 4) is 0 Å². The number of thiocarbonyl (C=S) groups is 2. The molecule has 0 bridgehead atoms. The van der Waals surface area contributed by atoms with Gasteiger partial charge in [-0.05, 0) is 37.3 Å². The molecular formula is C21H36O12S2Si2. The molecule has 0 aliphatic rings. The van der Waals surface area contributed by atoms with Crippen LogP contribution in [0.2, 0.25) is 11.6 Å². The van der Waals surface area contributed by atoms with E-state index >= 15 is 0 Å². The van der Waals surface area contributed by atoms with Crippen molar-refractivity contribution in [2.75, 3.05) is 13.2 Å². The molecule has 12 nitrogen and oxygen atoms in total. The number of carbonyl (C=O) groups is 5. The van der Waals surface area contributed by atoms with Crippen LogP contribution in [-0.2, 0) is 55.6 Å². The summed E-state index contributed by atoms with van der Waals surface area (Å²) in [5.74, 6) is -2.92. The molecule has 1 unspecified atom stereocenters. The average molecular weight is 601 g/mol. The Morgan fingerprint density at radius 2 is 1.05 bits per heavy atom. The van der Waals surface area contributed by atoms with Crippen LogP contribution in [0, 0.1) is 0 Å². The topological polar surface area (TPSA) is 150 Å². The highest BCUT2D eigenvalue weighted by Crippen LogP contribution is 2.20. The third kappa shape index (κ3) is 22.5. The molecule has 0 rings (SSSR count). The highest BCUT2D eigenvalue weighted by molar-refractivity contribution is 7.80. The molecule has 37 heavy (non-hydrogen) atoms. The van der Waals surface area contributed by atoms with Gasteiger partial charge in [-0.25, -0.2) is 0 Å². The molecule has 0 aliphatic carbocycles. The van der Waals surface area contributed by atoms with Crippen LogP contribution in [-0.4, -0.2) is 71.2 Å². The van der Waals surface area contributed by atoms with Gasteiger partial charge in [-0.2, -0.15) is 0 Å². The molecule has 0 heterocycles. The Kier molecular flexibility index (Phi) is 19.5. The van der Waals surface area contributed by atoms with Crippen molar-refractivity contribution in [3.63, 3.8) is 0 Å². The number of ether oxygens (including phenoxy) is 2. The lowest BCUT2D eigenvalue weighted by Crippen LogP contribution is -2.49. The Morgan fingerprint density at radius 3 is 1.38 bits per heavy atom. The number of carbonyl (C=O) groups excluding carboxylic acids is 5. The Morgan fingerprint density at radius 1 is 0.676 bits per heavy atom. The van der Waals surface area contributed by atoms with Gasteiger partial charge in [0.2, 0.25) is 0 Å². The summed E-state index contributed by atoms with van der Waals surface area (Å²) in [5.41, 5.74) is -0.0165. The minimum Gasteiger partial charge on any atom is -0.487 e. The highest BCUT2D eigenvalue weighted by Gasteiger charge is 2.51. The van der Waals surface area contributed by atoms with Crippen LogP contribution in [0.1, 0.15) is 68.2 Å². The van der Waals surface area contributed by atoms with Crippen molar-refractivity contribution in [1.29, 1.82) is 0 Å². The lowest BCUT2D eigenvalue weighted by atomic mass is 10.3. The maximum Gasteiger partial charge on any atom is 0.705 e. The van der Waals surface area contributed by atoms with Gasteiger partial charge in [0, 0.05) is 54.0 Å². The van der Waals surface area contributed by atoms with Crippen molar-refractivity contribution < 1.29 is 55.6 Å². The van der Waals surface area contributed by atoms with Crippen LogP contribution in [0.25, 0.3) is 0 Å². The molecule has 0 N–H and O–H groups in total. The minimum atomic E-state index is -3.73. The minimum absolute atomic E-state index is 0.0165. The first-order chi connectivity index (χ1) is 17.0. The third-order valence-corrected chi connectivity index (χ3v) is 9.13. The molecule has 0 spiro atoms. The number of hydrogen-bond acceptors (Lipinski definition) is 14. The predicted octanol–water partition coefficient (Wildman–Crippen LogP) is 2.85. The first kappa shape index (κ1) is 36.7. The van der Waals surface area contributed by atoms with Gasteiger partial charge in [0.15, 0.2) is 10.1 Å². The van der Waals surface area contributed by atoms with E-state index in [0.29, 0.717) is 29.5 Å². The fraction of sp³-hybridized carbons (Fsp3) is 0.667. The Hall–Kier alpha value is -2.44. The summed E-state index contributed by atoms with van der Waals surface area (Å²) < 4.78 is 35.3. The largest absolute Gasteiger partial charge is 0.705 e. The molecule has 0 fully saturated rings. The van der Waals surface area contributed by atoms with Gasteiger partial charge in [-0.1, -0.05) is 6.92 Å². The van der Waals surface area contributed by atoms with Crippen LogP contribution in [0.5, 0.6) is 0 Å². The second-order valence-electron chi connectivity index (χ2n) is 7.60. The zero-order valence-electron chi connectivity index (χ0n) is 22.4. The first-order valence-corrected chi connectivity index (χ1v) is 15.5. The van der Waals surface area contributed by atoms with E-state index in [4.69, 9.17) is 56.0 Å². The van der Waals surface area contributed by atoms with Gasteiger partial charge < -0.3 is 31.6 Å². The maximum atomic E-state index is 11.1. The molecule has 1 atom stereocenters. The summed E-state index contributed by atoms with van der Waals surface area (Å²) in [6.45, 7) is 11.9. The van der Waals surface area contributed by atoms with Crippen LogP contribution >= 0.6 is 24.4 Å². The molecule has 212 valence electrons. The fourth-order valence-electron chi connectivity index (χ4n) is 2.49. The van der Waals surface area contributed by atoms with Crippen molar-refractivity contribution in [2.45, 2.75) is 79.8 Å². The zero-order valence-corrected chi connectivity index (χ0v) is 26.2. The molecule has 0 saturated heterocycles. The van der Waals surface area contributed by atoms with E-state index in [9.17, 15) is 24.0 Å². The van der Waals surface area contributed by atoms with E-state index in [1.165, 1.54) is 13.8 Å². The Bertz CT molecular complexity index is 765. The normalized spacial score (nSPS) is 11.1. The zero-order chi connectivity index (χ0) is 29.2. The Labute approximate surface area is 230 Å². The molecular weight excluding hydrogens is 565 g/mol. The lowest BCUT2D eigenvalue weighted by molar-refractivity contribution is -0.148. The summed E-state index contributed by atoms with van der Waals surface area (Å²) >= 11 is 9.52. The second-order valence-corrected chi connectivity index (χ2v) is 13.6. The van der Waals surface area contributed by atoms with Gasteiger partial charge in [0.1, 0.15) is 0 Å². The van der Waals surface area contributed by atoms with Crippen molar-refractivity contribution in [3.05, 3.63) is 0 Å². The molecule has 0 radical (unpaired) electrons. The van der Waals surface area contributed by atoms with E-state index < -0.39 is 47.9 Å². The standard InChI is InChI=1S/C11H18O7SSi.C10H18O5SSi/c1-8(12)16-20(17-9(2)13,18-10(3)14)7-5-6-15-11(4)19;1-7(5-6-13-10(4)16)17(14-8(2)11)15-9(3)12/h5-7H2,1-4H3;7,17H,5-6H2,1-4H3. The van der Waals surface area contributed by atoms with Crippen molar-refractivity contribution >= 4 is 82.5 Å². The molecule has 16 heteroatoms. The van der Waals surface area contributed by atoms with Crippen LogP contribution in [0.4, 0.5) is 0 Å². The van der Waals surface area contributed by atoms with Crippen LogP contribution in [0.3, 0.4) is 0 Å². The number of rotatable bonds is 13. The highest BCUT2D eigenvalue weighted by atomic mass is 32.1. The monoisotopic (exact) mass is 600 g/mol. The van der Waals surface area contributed by atoms with Crippen LogP contribution in [0.15, 0.2) is 0 Å². The van der Waals surface area contributed by atoms with E-state index in [1.54, 1.807) is 13.8 Å². The molecule has 0 aliphatic heterocycles. The van der Waals surface area contributed by atoms with E-state index in [0.717, 1.165) is 20.8 Å². The number of hydrogen-bond donors (Lipinski definition) is 0. The molecule has 0 aromatic heterocycles. The smallest absolute Gasteiger partial charge is 0.487 e. The first-order valence-electron chi connectivity index (χ1n) is 11.2. The molecule has 0 aromatic carbocycles. The third-order valence-electron chi connectivity index (χ3n) is 3.74. The molecule has 0 aromatic rings. The van der Waals surface area contributed by atoms with Gasteiger partial charge in [0.25, 0.3) is 29.8 Å². The van der Waals surface area contributed by atoms with Gasteiger partial charge >= 0.3 is 18.1 Å². The van der Waals surface area contributed by atoms with Crippen molar-refractivity contribution in [2.24, 2.45) is 0 Å². The van der Waals surface area contributed by atoms with Gasteiger partial charge in [-0.15, -0.1) is 0 Å². The van der Waals surface area contributed by atoms with Crippen molar-refractivity contribution in [1.82, 2.24) is 0 Å². The predicted molar refractivity (Wildman–Crippen MR) is 144 cm³/mol. The summed E-state index contributed by atoms with van der Waals surface area (Å²) in [7, 11) is -6.06. The Balaban J connectivity index is 0. The lowest BCUT2D eigenvalue weighted by Gasteiger charge is -2.26. The maximum absolute atomic E-state index is 11.1. The van der Waals surface area contributed by atoms with E-state index in [2.05, 4.69) is 0 Å². The molecule has 0 saturated carbocycles. The van der Waals surface area contributed by atoms with E-state index in [1.807, 2.05) is 6.92 Å². The SMILES string of the molecule is CC(=O)O[SiH](OC(C)=O)C(C)CCOC(C)=S.CC(=O)O[Si](CCCOC(C)=S)(OC(C)=O)OC(C)=O. The van der Waals surface area contributed by atoms with Gasteiger partial charge in [-0.3, -0.25) is 24.0 Å². The fourth-order valence-corrected chi connectivity index (χ4v) is 6.55. The summed E-state index contributed by atoms with van der Waals surface area (Å²) in [6.07, 6.45) is 0.986. The van der Waals surface area contributed by atoms with Crippen LogP contribution < -0.4 is 0 Å². The summed E-state index contributed by atoms with van der Waals surface area (Å²) in [5, 5.41) is 0.833. The van der Waals surface area contributed by atoms with E-state index in [-0.39, 0.29) is 18.2 Å². The summed E-state index contributed by atoms with van der Waals surface area (Å²) in [6, 6.07) is 0.0777. The summed E-state index contributed by atoms with van der Waals surface area (Å²) in [4.78, 5) is 55.2. The second kappa shape index (κ2) is 19.6.